The number of benzene rings is 1. The molecule has 0 saturated carbocycles. The number of nitrogens with two attached hydrogens (primary N) is 1. The molecule has 72 valence electrons. The highest BCUT2D eigenvalue weighted by Crippen LogP contribution is 2.28. The van der Waals surface area contributed by atoms with Gasteiger partial charge in [0, 0.05) is 17.1 Å². The molecule has 0 unspecified atom stereocenters. The predicted molar refractivity (Wildman–Crippen MR) is 53.4 cm³/mol. The van der Waals surface area contributed by atoms with E-state index in [-0.39, 0.29) is 0 Å². The Morgan fingerprint density at radius 3 is 2.86 bits per heavy atom. The number of carbonyl (C=O) groups excluding carboxylic acids is 1. The molecule has 4 nitrogen and oxygen atoms in total. The van der Waals surface area contributed by atoms with E-state index < -0.39 is 5.91 Å². The highest BCUT2D eigenvalue weighted by molar-refractivity contribution is 6.02. The van der Waals surface area contributed by atoms with Crippen molar-refractivity contribution in [1.82, 2.24) is 4.98 Å². The minimum Gasteiger partial charge on any atom is -0.495 e. The lowest BCUT2D eigenvalue weighted by Gasteiger charge is -2.06. The van der Waals surface area contributed by atoms with Gasteiger partial charge in [-0.2, -0.15) is 0 Å². The van der Waals surface area contributed by atoms with Crippen molar-refractivity contribution < 1.29 is 9.53 Å². The molecule has 0 bridgehead atoms. The second-order valence-corrected chi connectivity index (χ2v) is 2.95. The largest absolute Gasteiger partial charge is 0.495 e. The number of methoxy groups -OCH3 is 1. The smallest absolute Gasteiger partial charge is 0.252 e. The fourth-order valence-corrected chi connectivity index (χ4v) is 1.52. The molecule has 0 fully saturated rings. The summed E-state index contributed by atoms with van der Waals surface area (Å²) < 4.78 is 5.16. The normalized spacial score (nSPS) is 10.4. The zero-order valence-corrected chi connectivity index (χ0v) is 7.70. The number of nitrogens with one attached hydrogen (secondary N) is 1. The summed E-state index contributed by atoms with van der Waals surface area (Å²) >= 11 is 0. The summed E-state index contributed by atoms with van der Waals surface area (Å²) in [7, 11) is 1.52. The molecule has 0 spiro atoms. The van der Waals surface area contributed by atoms with Crippen molar-refractivity contribution in [1.29, 1.82) is 0 Å². The van der Waals surface area contributed by atoms with E-state index in [1.54, 1.807) is 18.3 Å². The number of aromatic nitrogens is 1. The highest BCUT2D eigenvalue weighted by atomic mass is 16.5. The minimum atomic E-state index is -0.482. The maximum atomic E-state index is 11.1. The number of hydrogen-bond donors (Lipinski definition) is 2. The summed E-state index contributed by atoms with van der Waals surface area (Å²) in [5.41, 5.74) is 6.55. The van der Waals surface area contributed by atoms with E-state index in [0.29, 0.717) is 11.3 Å². The molecule has 0 atom stereocenters. The van der Waals surface area contributed by atoms with Gasteiger partial charge in [-0.15, -0.1) is 0 Å². The Hall–Kier alpha value is -1.97. The van der Waals surface area contributed by atoms with E-state index >= 15 is 0 Å². The van der Waals surface area contributed by atoms with Gasteiger partial charge in [0.1, 0.15) is 5.75 Å². The maximum absolute atomic E-state index is 11.1. The molecule has 2 aromatic rings. The Bertz CT molecular complexity index is 488. The first-order chi connectivity index (χ1) is 6.74. The van der Waals surface area contributed by atoms with Crippen molar-refractivity contribution >= 4 is 16.8 Å². The summed E-state index contributed by atoms with van der Waals surface area (Å²) in [5, 5.41) is 0.865. The first-order valence-electron chi connectivity index (χ1n) is 4.18. The Morgan fingerprint density at radius 1 is 1.43 bits per heavy atom. The molecule has 1 aromatic carbocycles. The molecule has 1 aromatic heterocycles. The SMILES string of the molecule is COc1c(C(N)=O)ccc2[nH]ccc12. The fourth-order valence-electron chi connectivity index (χ4n) is 1.52. The maximum Gasteiger partial charge on any atom is 0.252 e. The van der Waals surface area contributed by atoms with Crippen LogP contribution in [0.2, 0.25) is 0 Å². The molecule has 3 N–H and O–H groups in total. The van der Waals surface area contributed by atoms with Crippen molar-refractivity contribution in [2.75, 3.05) is 7.11 Å². The Balaban J connectivity index is 2.78. The highest BCUT2D eigenvalue weighted by Gasteiger charge is 2.12. The van der Waals surface area contributed by atoms with Crippen LogP contribution in [-0.4, -0.2) is 18.0 Å². The van der Waals surface area contributed by atoms with Crippen LogP contribution in [0.4, 0.5) is 0 Å². The summed E-state index contributed by atoms with van der Waals surface area (Å²) in [6.07, 6.45) is 1.79. The van der Waals surface area contributed by atoms with E-state index in [1.165, 1.54) is 7.11 Å². The van der Waals surface area contributed by atoms with Crippen LogP contribution in [0.5, 0.6) is 5.75 Å². The molecule has 1 amide bonds. The number of H-pyrrole nitrogens is 1. The minimum absolute atomic E-state index is 0.402. The van der Waals surface area contributed by atoms with Gasteiger partial charge in [-0.1, -0.05) is 0 Å². The lowest BCUT2D eigenvalue weighted by atomic mass is 10.1. The van der Waals surface area contributed by atoms with E-state index in [9.17, 15) is 4.79 Å². The average molecular weight is 190 g/mol. The topological polar surface area (TPSA) is 68.1 Å². The second-order valence-electron chi connectivity index (χ2n) is 2.95. The lowest BCUT2D eigenvalue weighted by Crippen LogP contribution is -2.12. The molecule has 0 aliphatic heterocycles. The van der Waals surface area contributed by atoms with Crippen LogP contribution in [0.15, 0.2) is 24.4 Å². The summed E-state index contributed by atoms with van der Waals surface area (Å²) in [5.74, 6) is 0.0428. The number of carbonyl (C=O) groups is 1. The Labute approximate surface area is 80.7 Å². The Kier molecular flexibility index (Phi) is 1.89. The number of primary amides is 1. The predicted octanol–water partition coefficient (Wildman–Crippen LogP) is 1.28. The van der Waals surface area contributed by atoms with Crippen LogP contribution in [0.1, 0.15) is 10.4 Å². The summed E-state index contributed by atoms with van der Waals surface area (Å²) in [6.45, 7) is 0. The van der Waals surface area contributed by atoms with Crippen molar-refractivity contribution in [3.8, 4) is 5.75 Å². The van der Waals surface area contributed by atoms with Crippen LogP contribution in [-0.2, 0) is 0 Å². The van der Waals surface area contributed by atoms with Crippen molar-refractivity contribution in [3.63, 3.8) is 0 Å². The molecular weight excluding hydrogens is 180 g/mol. The first-order valence-corrected chi connectivity index (χ1v) is 4.18. The molecule has 4 heteroatoms. The van der Waals surface area contributed by atoms with E-state index in [2.05, 4.69) is 4.98 Å². The Morgan fingerprint density at radius 2 is 2.21 bits per heavy atom. The number of hydrogen-bond acceptors (Lipinski definition) is 2. The van der Waals surface area contributed by atoms with Crippen LogP contribution < -0.4 is 10.5 Å². The molecular formula is C10H10N2O2. The number of ether oxygens (including phenoxy) is 1. The summed E-state index contributed by atoms with van der Waals surface area (Å²) in [6, 6.07) is 5.30. The lowest BCUT2D eigenvalue weighted by molar-refractivity contribution is 0.0997. The third-order valence-electron chi connectivity index (χ3n) is 2.15. The monoisotopic (exact) mass is 190 g/mol. The number of fused-ring (bicyclic) bond motifs is 1. The van der Waals surface area contributed by atoms with Crippen LogP contribution in [0.3, 0.4) is 0 Å². The average Bonchev–Trinajstić information content (AvgIpc) is 2.63. The molecule has 2 rings (SSSR count). The third kappa shape index (κ3) is 1.12. The number of amides is 1. The van der Waals surface area contributed by atoms with Crippen LogP contribution in [0, 0.1) is 0 Å². The van der Waals surface area contributed by atoms with E-state index in [0.717, 1.165) is 10.9 Å². The standard InChI is InChI=1S/C10H10N2O2/c1-14-9-6-4-5-12-8(6)3-2-7(9)10(11)13/h2-5,12H,1H3,(H2,11,13). The van der Waals surface area contributed by atoms with Gasteiger partial charge in [0.25, 0.3) is 5.91 Å². The molecule has 14 heavy (non-hydrogen) atoms. The zero-order chi connectivity index (χ0) is 10.1. The molecule has 0 saturated heterocycles. The molecule has 0 radical (unpaired) electrons. The van der Waals surface area contributed by atoms with E-state index in [4.69, 9.17) is 10.5 Å². The number of aromatic amines is 1. The van der Waals surface area contributed by atoms with Crippen molar-refractivity contribution in [2.24, 2.45) is 5.73 Å². The van der Waals surface area contributed by atoms with Crippen LogP contribution in [0.25, 0.3) is 10.9 Å². The third-order valence-corrected chi connectivity index (χ3v) is 2.15. The van der Waals surface area contributed by atoms with Gasteiger partial charge in [0.2, 0.25) is 0 Å². The first kappa shape index (κ1) is 8.62. The van der Waals surface area contributed by atoms with Gasteiger partial charge in [-0.25, -0.2) is 0 Å². The zero-order valence-electron chi connectivity index (χ0n) is 7.70. The molecule has 0 aliphatic carbocycles. The van der Waals surface area contributed by atoms with Crippen molar-refractivity contribution in [3.05, 3.63) is 30.0 Å². The van der Waals surface area contributed by atoms with E-state index in [1.807, 2.05) is 6.07 Å². The van der Waals surface area contributed by atoms with Gasteiger partial charge in [-0.3, -0.25) is 4.79 Å². The summed E-state index contributed by atoms with van der Waals surface area (Å²) in [4.78, 5) is 14.1. The van der Waals surface area contributed by atoms with Crippen LogP contribution >= 0.6 is 0 Å². The van der Waals surface area contributed by atoms with Gasteiger partial charge < -0.3 is 15.5 Å². The molecule has 1 heterocycles. The fraction of sp³-hybridized carbons (Fsp3) is 0.100. The van der Waals surface area contributed by atoms with Gasteiger partial charge in [-0.05, 0) is 18.2 Å². The van der Waals surface area contributed by atoms with Gasteiger partial charge in [0.05, 0.1) is 12.7 Å². The molecule has 0 aliphatic rings. The van der Waals surface area contributed by atoms with Gasteiger partial charge in [0.15, 0.2) is 0 Å². The quantitative estimate of drug-likeness (QED) is 0.748. The van der Waals surface area contributed by atoms with Crippen molar-refractivity contribution in [2.45, 2.75) is 0 Å². The second kappa shape index (κ2) is 3.06. The number of rotatable bonds is 2. The van der Waals surface area contributed by atoms with Gasteiger partial charge >= 0.3 is 0 Å².